The number of benzene rings is 1. The van der Waals surface area contributed by atoms with E-state index in [1.54, 1.807) is 24.3 Å². The van der Waals surface area contributed by atoms with Crippen molar-refractivity contribution in [3.8, 4) is 0 Å². The van der Waals surface area contributed by atoms with Crippen LogP contribution in [0.3, 0.4) is 0 Å². The van der Waals surface area contributed by atoms with Crippen molar-refractivity contribution in [2.45, 2.75) is 25.5 Å². The van der Waals surface area contributed by atoms with Crippen molar-refractivity contribution < 1.29 is 14.5 Å². The summed E-state index contributed by atoms with van der Waals surface area (Å²) in [6.07, 6.45) is 3.78. The monoisotopic (exact) mass is 313 g/mol. The molecule has 1 saturated carbocycles. The number of ether oxygens (including phenoxy) is 1. The number of esters is 1. The number of hydrogen-bond acceptors (Lipinski definition) is 6. The molecule has 0 aliphatic heterocycles. The molecule has 1 aromatic heterocycles. The molecule has 0 amide bonds. The highest BCUT2D eigenvalue weighted by Crippen LogP contribution is 2.23. The molecule has 0 bridgehead atoms. The predicted octanol–water partition coefficient (Wildman–Crippen LogP) is 2.92. The van der Waals surface area contributed by atoms with Crippen molar-refractivity contribution >= 4 is 17.5 Å². The van der Waals surface area contributed by atoms with Gasteiger partial charge in [0.15, 0.2) is 0 Å². The average Bonchev–Trinajstić information content (AvgIpc) is 3.37. The maximum Gasteiger partial charge on any atom is 0.340 e. The Morgan fingerprint density at radius 2 is 2.00 bits per heavy atom. The average molecular weight is 313 g/mol. The summed E-state index contributed by atoms with van der Waals surface area (Å²) in [5, 5.41) is 13.8. The van der Waals surface area contributed by atoms with E-state index < -0.39 is 10.9 Å². The molecule has 1 heterocycles. The Bertz CT molecular complexity index is 709. The normalized spacial score (nSPS) is 13.4. The number of nitrogens with one attached hydrogen (secondary N) is 1. The van der Waals surface area contributed by atoms with Crippen molar-refractivity contribution in [1.29, 1.82) is 0 Å². The first kappa shape index (κ1) is 15.0. The van der Waals surface area contributed by atoms with Gasteiger partial charge in [0.2, 0.25) is 0 Å². The van der Waals surface area contributed by atoms with E-state index in [9.17, 15) is 14.9 Å². The van der Waals surface area contributed by atoms with Gasteiger partial charge in [-0.3, -0.25) is 10.1 Å². The minimum absolute atomic E-state index is 0.00280. The van der Waals surface area contributed by atoms with Crippen LogP contribution in [0.15, 0.2) is 42.6 Å². The Morgan fingerprint density at radius 3 is 2.57 bits per heavy atom. The molecule has 2 aromatic rings. The Hall–Kier alpha value is -2.96. The lowest BCUT2D eigenvalue weighted by Gasteiger charge is -2.06. The van der Waals surface area contributed by atoms with Crippen LogP contribution in [0.25, 0.3) is 0 Å². The number of nitrogens with zero attached hydrogens (tertiary/aromatic N) is 2. The van der Waals surface area contributed by atoms with Gasteiger partial charge in [0.25, 0.3) is 5.69 Å². The fourth-order valence-electron chi connectivity index (χ4n) is 1.98. The van der Waals surface area contributed by atoms with Crippen LogP contribution >= 0.6 is 0 Å². The lowest BCUT2D eigenvalue weighted by Crippen LogP contribution is -2.07. The third kappa shape index (κ3) is 4.03. The summed E-state index contributed by atoms with van der Waals surface area (Å²) >= 11 is 0. The Kier molecular flexibility index (Phi) is 4.18. The Balaban J connectivity index is 1.54. The summed E-state index contributed by atoms with van der Waals surface area (Å²) in [6, 6.07) is 9.80. The van der Waals surface area contributed by atoms with Gasteiger partial charge in [-0.05, 0) is 42.7 Å². The van der Waals surface area contributed by atoms with E-state index in [4.69, 9.17) is 4.74 Å². The summed E-state index contributed by atoms with van der Waals surface area (Å²) in [5.74, 6) is 0.272. The second-order valence-electron chi connectivity index (χ2n) is 5.35. The Labute approximate surface area is 132 Å². The number of anilines is 1. The summed E-state index contributed by atoms with van der Waals surface area (Å²) in [4.78, 5) is 26.2. The Morgan fingerprint density at radius 1 is 1.26 bits per heavy atom. The summed E-state index contributed by atoms with van der Waals surface area (Å²) in [7, 11) is 0. The topological polar surface area (TPSA) is 94.4 Å². The van der Waals surface area contributed by atoms with Gasteiger partial charge in [-0.2, -0.15) is 0 Å². The van der Waals surface area contributed by atoms with Gasteiger partial charge in [-0.15, -0.1) is 0 Å². The molecule has 0 radical (unpaired) electrons. The first-order valence-electron chi connectivity index (χ1n) is 7.25. The molecule has 3 rings (SSSR count). The zero-order valence-corrected chi connectivity index (χ0v) is 12.3. The number of aromatic nitrogens is 1. The molecule has 0 spiro atoms. The third-order valence-corrected chi connectivity index (χ3v) is 3.45. The van der Waals surface area contributed by atoms with Crippen LogP contribution in [-0.4, -0.2) is 21.9 Å². The molecule has 1 aliphatic rings. The quantitative estimate of drug-likeness (QED) is 0.500. The van der Waals surface area contributed by atoms with Crippen molar-refractivity contribution in [3.63, 3.8) is 0 Å². The van der Waals surface area contributed by atoms with Crippen molar-refractivity contribution in [2.75, 3.05) is 5.32 Å². The van der Waals surface area contributed by atoms with Gasteiger partial charge < -0.3 is 10.1 Å². The van der Waals surface area contributed by atoms with E-state index in [1.807, 2.05) is 0 Å². The number of nitro benzene ring substituents is 1. The lowest BCUT2D eigenvalue weighted by atomic mass is 10.2. The summed E-state index contributed by atoms with van der Waals surface area (Å²) < 4.78 is 5.18. The summed E-state index contributed by atoms with van der Waals surface area (Å²) in [6.45, 7) is 0.0545. The summed E-state index contributed by atoms with van der Waals surface area (Å²) in [5.41, 5.74) is 1.06. The van der Waals surface area contributed by atoms with Crippen LogP contribution < -0.4 is 5.32 Å². The second-order valence-corrected chi connectivity index (χ2v) is 5.35. The van der Waals surface area contributed by atoms with E-state index in [-0.39, 0.29) is 12.3 Å². The number of non-ortho nitro benzene ring substituents is 1. The van der Waals surface area contributed by atoms with Crippen LogP contribution in [0.5, 0.6) is 0 Å². The van der Waals surface area contributed by atoms with E-state index in [1.165, 1.54) is 18.3 Å². The van der Waals surface area contributed by atoms with Gasteiger partial charge in [0.1, 0.15) is 12.4 Å². The van der Waals surface area contributed by atoms with Crippen LogP contribution in [0, 0.1) is 10.1 Å². The number of nitro groups is 1. The van der Waals surface area contributed by atoms with Gasteiger partial charge in [0, 0.05) is 24.4 Å². The zero-order chi connectivity index (χ0) is 16.2. The smallest absolute Gasteiger partial charge is 0.340 e. The second kappa shape index (κ2) is 6.43. The molecule has 1 fully saturated rings. The molecular weight excluding hydrogens is 298 g/mol. The number of carbonyl (C=O) groups excluding carboxylic acids is 1. The van der Waals surface area contributed by atoms with Gasteiger partial charge in [-0.1, -0.05) is 0 Å². The van der Waals surface area contributed by atoms with E-state index in [0.29, 0.717) is 17.2 Å². The van der Waals surface area contributed by atoms with Crippen LogP contribution in [-0.2, 0) is 11.3 Å². The highest BCUT2D eigenvalue weighted by Gasteiger charge is 2.21. The SMILES string of the molecule is O=C(OCc1ccc([N+](=O)[O-])cc1)c1ccc(NC2CC2)nc1. The number of rotatable bonds is 6. The van der Waals surface area contributed by atoms with Crippen molar-refractivity contribution in [2.24, 2.45) is 0 Å². The molecule has 0 atom stereocenters. The molecule has 1 aromatic carbocycles. The first-order chi connectivity index (χ1) is 11.1. The van der Waals surface area contributed by atoms with Crippen LogP contribution in [0.4, 0.5) is 11.5 Å². The van der Waals surface area contributed by atoms with Gasteiger partial charge in [-0.25, -0.2) is 9.78 Å². The van der Waals surface area contributed by atoms with Crippen LogP contribution in [0.1, 0.15) is 28.8 Å². The molecule has 118 valence electrons. The molecule has 1 aliphatic carbocycles. The van der Waals surface area contributed by atoms with E-state index in [0.717, 1.165) is 18.7 Å². The number of hydrogen-bond donors (Lipinski definition) is 1. The maximum absolute atomic E-state index is 11.9. The molecule has 7 nitrogen and oxygen atoms in total. The minimum atomic E-state index is -0.478. The largest absolute Gasteiger partial charge is 0.457 e. The molecular formula is C16H15N3O4. The zero-order valence-electron chi connectivity index (χ0n) is 12.3. The van der Waals surface area contributed by atoms with E-state index in [2.05, 4.69) is 10.3 Å². The molecule has 1 N–H and O–H groups in total. The van der Waals surface area contributed by atoms with Crippen molar-refractivity contribution in [3.05, 3.63) is 63.8 Å². The molecule has 7 heteroatoms. The number of pyridine rings is 1. The third-order valence-electron chi connectivity index (χ3n) is 3.45. The van der Waals surface area contributed by atoms with Gasteiger partial charge >= 0.3 is 5.97 Å². The number of carbonyl (C=O) groups is 1. The standard InChI is InChI=1S/C16H15N3O4/c20-16(12-3-8-15(17-9-12)18-13-4-5-13)23-10-11-1-6-14(7-2-11)19(21)22/h1-3,6-9,13H,4-5,10H2,(H,17,18). The molecule has 0 saturated heterocycles. The van der Waals surface area contributed by atoms with E-state index >= 15 is 0 Å². The minimum Gasteiger partial charge on any atom is -0.457 e. The van der Waals surface area contributed by atoms with Crippen molar-refractivity contribution in [1.82, 2.24) is 4.98 Å². The fourth-order valence-corrected chi connectivity index (χ4v) is 1.98. The maximum atomic E-state index is 11.9. The highest BCUT2D eigenvalue weighted by molar-refractivity contribution is 5.89. The van der Waals surface area contributed by atoms with Crippen LogP contribution in [0.2, 0.25) is 0 Å². The molecule has 23 heavy (non-hydrogen) atoms. The molecule has 0 unspecified atom stereocenters. The lowest BCUT2D eigenvalue weighted by molar-refractivity contribution is -0.384. The predicted molar refractivity (Wildman–Crippen MR) is 83.1 cm³/mol. The fraction of sp³-hybridized carbons (Fsp3) is 0.250. The highest BCUT2D eigenvalue weighted by atomic mass is 16.6. The first-order valence-corrected chi connectivity index (χ1v) is 7.25. The van der Waals surface area contributed by atoms with Gasteiger partial charge in [0.05, 0.1) is 10.5 Å².